The lowest BCUT2D eigenvalue weighted by Gasteiger charge is -2.26. The number of nitrogens with two attached hydrogens (primary N) is 1. The van der Waals surface area contributed by atoms with Crippen LogP contribution in [0, 0.1) is 0 Å². The Morgan fingerprint density at radius 3 is 2.60 bits per heavy atom. The van der Waals surface area contributed by atoms with Gasteiger partial charge in [-0.15, -0.1) is 0 Å². The molecule has 1 aromatic carbocycles. The molecule has 1 aliphatic rings. The maximum Gasteiger partial charge on any atom is 0.220 e. The van der Waals surface area contributed by atoms with Crippen LogP contribution in [0.3, 0.4) is 0 Å². The smallest absolute Gasteiger partial charge is 0.220 e. The van der Waals surface area contributed by atoms with E-state index < -0.39 is 0 Å². The molecule has 0 heterocycles. The van der Waals surface area contributed by atoms with Crippen molar-refractivity contribution >= 4 is 5.91 Å². The minimum Gasteiger partial charge on any atom is -0.494 e. The van der Waals surface area contributed by atoms with Gasteiger partial charge in [-0.3, -0.25) is 4.79 Å². The molecule has 110 valence electrons. The summed E-state index contributed by atoms with van der Waals surface area (Å²) in [7, 11) is 0. The fourth-order valence-corrected chi connectivity index (χ4v) is 2.50. The summed E-state index contributed by atoms with van der Waals surface area (Å²) in [5, 5.41) is 3.09. The summed E-state index contributed by atoms with van der Waals surface area (Å²) in [6, 6.07) is 10.3. The van der Waals surface area contributed by atoms with Gasteiger partial charge in [-0.2, -0.15) is 0 Å². The van der Waals surface area contributed by atoms with Crippen molar-refractivity contribution in [1.29, 1.82) is 0 Å². The highest BCUT2D eigenvalue weighted by Gasteiger charge is 2.19. The minimum atomic E-state index is 0.127. The fourth-order valence-electron chi connectivity index (χ4n) is 2.50. The summed E-state index contributed by atoms with van der Waals surface area (Å²) in [6.45, 7) is 0.576. The molecule has 20 heavy (non-hydrogen) atoms. The number of hydrogen-bond donors (Lipinski definition) is 2. The zero-order valence-electron chi connectivity index (χ0n) is 11.9. The van der Waals surface area contributed by atoms with Gasteiger partial charge < -0.3 is 15.8 Å². The Morgan fingerprint density at radius 1 is 1.20 bits per heavy atom. The van der Waals surface area contributed by atoms with E-state index in [9.17, 15) is 4.79 Å². The number of benzene rings is 1. The van der Waals surface area contributed by atoms with E-state index in [1.165, 1.54) is 0 Å². The van der Waals surface area contributed by atoms with Crippen molar-refractivity contribution in [1.82, 2.24) is 5.32 Å². The van der Waals surface area contributed by atoms with E-state index in [1.54, 1.807) is 0 Å². The van der Waals surface area contributed by atoms with Crippen LogP contribution in [0.4, 0.5) is 0 Å². The van der Waals surface area contributed by atoms with Crippen LogP contribution in [0.1, 0.15) is 38.5 Å². The Kier molecular flexibility index (Phi) is 5.87. The summed E-state index contributed by atoms with van der Waals surface area (Å²) < 4.78 is 5.56. The van der Waals surface area contributed by atoms with E-state index in [0.717, 1.165) is 37.9 Å². The molecule has 1 fully saturated rings. The average molecular weight is 276 g/mol. The largest absolute Gasteiger partial charge is 0.494 e. The molecule has 4 heteroatoms. The molecule has 1 saturated carbocycles. The topological polar surface area (TPSA) is 64.3 Å². The van der Waals surface area contributed by atoms with Crippen molar-refractivity contribution in [2.75, 3.05) is 6.61 Å². The molecule has 0 unspecified atom stereocenters. The van der Waals surface area contributed by atoms with Crippen LogP contribution in [-0.2, 0) is 4.79 Å². The van der Waals surface area contributed by atoms with Gasteiger partial charge in [0.15, 0.2) is 0 Å². The Bertz CT molecular complexity index is 400. The van der Waals surface area contributed by atoms with Crippen molar-refractivity contribution in [2.24, 2.45) is 5.73 Å². The van der Waals surface area contributed by atoms with Gasteiger partial charge >= 0.3 is 0 Å². The van der Waals surface area contributed by atoms with Crippen LogP contribution in [0.5, 0.6) is 5.75 Å². The summed E-state index contributed by atoms with van der Waals surface area (Å²) in [5.74, 6) is 0.983. The molecular weight excluding hydrogens is 252 g/mol. The molecule has 1 aromatic rings. The molecule has 0 spiro atoms. The van der Waals surface area contributed by atoms with E-state index in [1.807, 2.05) is 30.3 Å². The molecule has 3 N–H and O–H groups in total. The number of amides is 1. The maximum absolute atomic E-state index is 11.8. The van der Waals surface area contributed by atoms with Crippen molar-refractivity contribution in [3.05, 3.63) is 30.3 Å². The predicted octanol–water partition coefficient (Wildman–Crippen LogP) is 2.23. The van der Waals surface area contributed by atoms with E-state index in [-0.39, 0.29) is 5.91 Å². The maximum atomic E-state index is 11.8. The second-order valence-electron chi connectivity index (χ2n) is 5.44. The van der Waals surface area contributed by atoms with Gasteiger partial charge in [0.05, 0.1) is 6.61 Å². The summed E-state index contributed by atoms with van der Waals surface area (Å²) in [5.41, 5.74) is 5.85. The van der Waals surface area contributed by atoms with Crippen LogP contribution in [0.15, 0.2) is 30.3 Å². The van der Waals surface area contributed by atoms with E-state index in [4.69, 9.17) is 10.5 Å². The van der Waals surface area contributed by atoms with Gasteiger partial charge in [-0.25, -0.2) is 0 Å². The van der Waals surface area contributed by atoms with Gasteiger partial charge in [0.25, 0.3) is 0 Å². The van der Waals surface area contributed by atoms with Gasteiger partial charge in [0, 0.05) is 18.5 Å². The molecule has 1 amide bonds. The minimum absolute atomic E-state index is 0.127. The standard InChI is InChI=1S/C16H24N2O2/c17-13-8-10-14(11-9-13)18-16(19)7-4-12-20-15-5-2-1-3-6-15/h1-3,5-6,13-14H,4,7-12,17H2,(H,18,19). The Morgan fingerprint density at radius 2 is 1.90 bits per heavy atom. The van der Waals surface area contributed by atoms with E-state index >= 15 is 0 Å². The van der Waals surface area contributed by atoms with Crippen molar-refractivity contribution < 1.29 is 9.53 Å². The monoisotopic (exact) mass is 276 g/mol. The lowest BCUT2D eigenvalue weighted by molar-refractivity contribution is -0.122. The first-order chi connectivity index (χ1) is 9.74. The highest BCUT2D eigenvalue weighted by molar-refractivity contribution is 5.76. The predicted molar refractivity (Wildman–Crippen MR) is 79.5 cm³/mol. The third kappa shape index (κ3) is 5.21. The summed E-state index contributed by atoms with van der Waals surface area (Å²) in [6.07, 6.45) is 5.31. The van der Waals surface area contributed by atoms with Crippen LogP contribution < -0.4 is 15.8 Å². The first kappa shape index (κ1) is 14.9. The Labute approximate surface area is 120 Å². The Hall–Kier alpha value is -1.55. The number of ether oxygens (including phenoxy) is 1. The van der Waals surface area contributed by atoms with Crippen LogP contribution >= 0.6 is 0 Å². The van der Waals surface area contributed by atoms with Gasteiger partial charge in [-0.05, 0) is 44.2 Å². The molecule has 0 bridgehead atoms. The number of carbonyl (C=O) groups is 1. The Balaban J connectivity index is 1.56. The molecule has 0 atom stereocenters. The number of nitrogens with one attached hydrogen (secondary N) is 1. The number of para-hydroxylation sites is 1. The van der Waals surface area contributed by atoms with Gasteiger partial charge in [0.1, 0.15) is 5.75 Å². The average Bonchev–Trinajstić information content (AvgIpc) is 2.47. The lowest BCUT2D eigenvalue weighted by atomic mass is 9.92. The molecule has 0 aromatic heterocycles. The molecule has 1 aliphatic carbocycles. The third-order valence-electron chi connectivity index (χ3n) is 3.70. The SMILES string of the molecule is NC1CCC(NC(=O)CCCOc2ccccc2)CC1. The zero-order chi connectivity index (χ0) is 14.2. The highest BCUT2D eigenvalue weighted by atomic mass is 16.5. The normalized spacial score (nSPS) is 22.2. The quantitative estimate of drug-likeness (QED) is 0.783. The van der Waals surface area contributed by atoms with Crippen LogP contribution in [0.2, 0.25) is 0 Å². The second kappa shape index (κ2) is 7.90. The number of carbonyl (C=O) groups excluding carboxylic acids is 1. The van der Waals surface area contributed by atoms with Crippen LogP contribution in [0.25, 0.3) is 0 Å². The first-order valence-corrected chi connectivity index (χ1v) is 7.47. The van der Waals surface area contributed by atoms with Crippen molar-refractivity contribution in [3.63, 3.8) is 0 Å². The van der Waals surface area contributed by atoms with Gasteiger partial charge in [0.2, 0.25) is 5.91 Å². The van der Waals surface area contributed by atoms with E-state index in [0.29, 0.717) is 25.1 Å². The number of hydrogen-bond acceptors (Lipinski definition) is 3. The lowest BCUT2D eigenvalue weighted by Crippen LogP contribution is -2.40. The fraction of sp³-hybridized carbons (Fsp3) is 0.562. The zero-order valence-corrected chi connectivity index (χ0v) is 11.9. The molecule has 0 aliphatic heterocycles. The second-order valence-corrected chi connectivity index (χ2v) is 5.44. The first-order valence-electron chi connectivity index (χ1n) is 7.47. The van der Waals surface area contributed by atoms with Gasteiger partial charge in [-0.1, -0.05) is 18.2 Å². The van der Waals surface area contributed by atoms with Crippen molar-refractivity contribution in [3.8, 4) is 5.75 Å². The summed E-state index contributed by atoms with van der Waals surface area (Å²) >= 11 is 0. The van der Waals surface area contributed by atoms with Crippen molar-refractivity contribution in [2.45, 2.75) is 50.6 Å². The molecule has 0 saturated heterocycles. The third-order valence-corrected chi connectivity index (χ3v) is 3.70. The van der Waals surface area contributed by atoms with E-state index in [2.05, 4.69) is 5.32 Å². The van der Waals surface area contributed by atoms with Crippen LogP contribution in [-0.4, -0.2) is 24.6 Å². The molecular formula is C16H24N2O2. The molecule has 2 rings (SSSR count). The molecule has 0 radical (unpaired) electrons. The highest BCUT2D eigenvalue weighted by Crippen LogP contribution is 2.17. The number of rotatable bonds is 6. The summed E-state index contributed by atoms with van der Waals surface area (Å²) in [4.78, 5) is 11.8. The molecule has 4 nitrogen and oxygen atoms in total.